The zero-order valence-electron chi connectivity index (χ0n) is 33.2. The first-order chi connectivity index (χ1) is 27.4. The van der Waals surface area contributed by atoms with E-state index in [4.69, 9.17) is 34.4 Å². The summed E-state index contributed by atoms with van der Waals surface area (Å²) < 4.78 is 0. The third-order valence-electron chi connectivity index (χ3n) is 7.92. The van der Waals surface area contributed by atoms with Gasteiger partial charge in [0.1, 0.15) is 36.3 Å². The molecule has 0 rings (SSSR count). The van der Waals surface area contributed by atoms with Crippen LogP contribution in [0.4, 0.5) is 0 Å². The van der Waals surface area contributed by atoms with E-state index in [1.54, 1.807) is 13.8 Å². The molecule has 0 aromatic heterocycles. The van der Waals surface area contributed by atoms with Crippen LogP contribution in [0.1, 0.15) is 78.6 Å². The lowest BCUT2D eigenvalue weighted by Crippen LogP contribution is -2.60. The van der Waals surface area contributed by atoms with Gasteiger partial charge in [-0.1, -0.05) is 13.8 Å². The molecule has 6 atom stereocenters. The topological polar surface area (TPSA) is 464 Å². The van der Waals surface area contributed by atoms with E-state index in [1.807, 2.05) is 0 Å². The van der Waals surface area contributed by atoms with Crippen LogP contribution in [0, 0.1) is 5.92 Å². The lowest BCUT2D eigenvalue weighted by Gasteiger charge is -2.27. The van der Waals surface area contributed by atoms with E-state index in [0.29, 0.717) is 0 Å². The Morgan fingerprint density at radius 2 is 0.864 bits per heavy atom. The third kappa shape index (κ3) is 23.8. The molecule has 0 unspecified atom stereocenters. The number of rotatable bonds is 29. The molecule has 0 radical (unpaired) electrons. The smallest absolute Gasteiger partial charge is 0.305 e. The quantitative estimate of drug-likeness (QED) is 0.0189. The highest BCUT2D eigenvalue weighted by atomic mass is 16.4. The summed E-state index contributed by atoms with van der Waals surface area (Å²) in [6.07, 6.45) is -2.67. The van der Waals surface area contributed by atoms with E-state index in [9.17, 15) is 58.2 Å². The van der Waals surface area contributed by atoms with Gasteiger partial charge in [-0.05, 0) is 44.4 Å². The van der Waals surface area contributed by atoms with E-state index in [0.717, 1.165) is 6.92 Å². The number of amides is 8. The number of carboxylic acids is 2. The zero-order chi connectivity index (χ0) is 45.4. The second-order valence-corrected chi connectivity index (χ2v) is 13.7. The summed E-state index contributed by atoms with van der Waals surface area (Å²) in [6, 6.07) is -9.35. The minimum atomic E-state index is -1.87. The molecular formula is C33H58N14O12. The number of guanidine groups is 2. The summed E-state index contributed by atoms with van der Waals surface area (Å²) >= 11 is 0. The summed E-state index contributed by atoms with van der Waals surface area (Å²) in [5, 5.41) is 33.0. The highest BCUT2D eigenvalue weighted by Gasteiger charge is 2.35. The van der Waals surface area contributed by atoms with E-state index in [1.165, 1.54) is 0 Å². The first-order valence-electron chi connectivity index (χ1n) is 18.3. The molecule has 0 saturated carbocycles. The highest BCUT2D eigenvalue weighted by Crippen LogP contribution is 2.10. The van der Waals surface area contributed by atoms with Crippen LogP contribution in [0.3, 0.4) is 0 Å². The Kier molecular flexibility index (Phi) is 23.9. The van der Waals surface area contributed by atoms with Crippen LogP contribution in [-0.2, 0) is 47.9 Å². The summed E-state index contributed by atoms with van der Waals surface area (Å²) in [5.41, 5.74) is 31.8. The highest BCUT2D eigenvalue weighted by molar-refractivity contribution is 5.98. The number of hydrogen-bond acceptors (Lipinski definition) is 12. The molecule has 26 heteroatoms. The SMILES string of the molecule is CC(=O)N[C@@H](CCCN=C(N)N)C(=O)N[C@@H](CCCN=C(N)N)C(=O)N[C@@H](CC(=O)O)C(=O)N[C@H](CC(C)C)C(=O)N[C@@H](CC(=O)O)C(=O)N[C@@H](CCC(N)=O)C(N)=O. The van der Waals surface area contributed by atoms with Crippen molar-refractivity contribution in [2.75, 3.05) is 13.1 Å². The fourth-order valence-corrected chi connectivity index (χ4v) is 5.19. The van der Waals surface area contributed by atoms with Crippen LogP contribution in [0.5, 0.6) is 0 Å². The van der Waals surface area contributed by atoms with E-state index >= 15 is 0 Å². The predicted molar refractivity (Wildman–Crippen MR) is 209 cm³/mol. The Bertz CT molecular complexity index is 1580. The molecule has 0 spiro atoms. The number of hydrogen-bond donors (Lipinski definition) is 14. The van der Waals surface area contributed by atoms with Crippen molar-refractivity contribution in [2.24, 2.45) is 50.3 Å². The van der Waals surface area contributed by atoms with Crippen LogP contribution in [0.2, 0.25) is 0 Å². The maximum Gasteiger partial charge on any atom is 0.305 e. The van der Waals surface area contributed by atoms with E-state index in [2.05, 4.69) is 41.9 Å². The number of primary amides is 2. The average Bonchev–Trinajstić information content (AvgIpc) is 3.10. The van der Waals surface area contributed by atoms with Crippen LogP contribution < -0.4 is 66.3 Å². The van der Waals surface area contributed by atoms with Gasteiger partial charge in [0.05, 0.1) is 12.8 Å². The number of carbonyl (C=O) groups excluding carboxylic acids is 8. The van der Waals surface area contributed by atoms with Gasteiger partial charge in [-0.25, -0.2) is 0 Å². The van der Waals surface area contributed by atoms with Crippen molar-refractivity contribution >= 4 is 71.1 Å². The fourth-order valence-electron chi connectivity index (χ4n) is 5.19. The van der Waals surface area contributed by atoms with Crippen LogP contribution >= 0.6 is 0 Å². The van der Waals surface area contributed by atoms with Gasteiger partial charge in [-0.2, -0.15) is 0 Å². The number of carbonyl (C=O) groups is 10. The second kappa shape index (κ2) is 27.0. The van der Waals surface area contributed by atoms with Gasteiger partial charge in [0.15, 0.2) is 11.9 Å². The van der Waals surface area contributed by atoms with Crippen molar-refractivity contribution in [2.45, 2.75) is 115 Å². The number of aliphatic carboxylic acids is 2. The largest absolute Gasteiger partial charge is 0.481 e. The van der Waals surface area contributed by atoms with E-state index in [-0.39, 0.29) is 75.9 Å². The Balaban J connectivity index is 6.45. The first-order valence-corrected chi connectivity index (χ1v) is 18.3. The third-order valence-corrected chi connectivity index (χ3v) is 7.92. The van der Waals surface area contributed by atoms with Crippen molar-refractivity contribution in [1.82, 2.24) is 31.9 Å². The Labute approximate surface area is 339 Å². The molecule has 0 aromatic rings. The molecule has 8 amide bonds. The van der Waals surface area contributed by atoms with Crippen molar-refractivity contribution in [3.63, 3.8) is 0 Å². The summed E-state index contributed by atoms with van der Waals surface area (Å²) in [4.78, 5) is 133. The normalized spacial score (nSPS) is 13.7. The maximum atomic E-state index is 13.7. The molecule has 26 nitrogen and oxygen atoms in total. The van der Waals surface area contributed by atoms with Gasteiger partial charge >= 0.3 is 11.9 Å². The first kappa shape index (κ1) is 52.2. The van der Waals surface area contributed by atoms with Crippen molar-refractivity contribution in [3.8, 4) is 0 Å². The summed E-state index contributed by atoms with van der Waals surface area (Å²) in [5.74, 6) is -11.7. The molecular weight excluding hydrogens is 784 g/mol. The fraction of sp³-hybridized carbons (Fsp3) is 0.636. The van der Waals surface area contributed by atoms with Crippen LogP contribution in [0.15, 0.2) is 9.98 Å². The Hall–Kier alpha value is -6.76. The van der Waals surface area contributed by atoms with Gasteiger partial charge in [-0.3, -0.25) is 57.9 Å². The average molecular weight is 843 g/mol. The van der Waals surface area contributed by atoms with Gasteiger partial charge in [-0.15, -0.1) is 0 Å². The molecule has 0 fully saturated rings. The Morgan fingerprint density at radius 1 is 0.508 bits per heavy atom. The zero-order valence-corrected chi connectivity index (χ0v) is 33.2. The molecule has 0 aliphatic carbocycles. The molecule has 0 saturated heterocycles. The summed E-state index contributed by atoms with van der Waals surface area (Å²) in [7, 11) is 0. The molecule has 0 aromatic carbocycles. The van der Waals surface area contributed by atoms with Gasteiger partial charge in [0, 0.05) is 26.4 Å². The number of nitrogens with two attached hydrogens (primary N) is 6. The van der Waals surface area contributed by atoms with Crippen molar-refractivity contribution in [1.29, 1.82) is 0 Å². The number of aliphatic imine (C=N–C) groups is 2. The van der Waals surface area contributed by atoms with Crippen molar-refractivity contribution in [3.05, 3.63) is 0 Å². The lowest BCUT2D eigenvalue weighted by molar-refractivity contribution is -0.142. The Morgan fingerprint density at radius 3 is 1.22 bits per heavy atom. The molecule has 20 N–H and O–H groups in total. The number of carboxylic acid groups (broad SMARTS) is 2. The van der Waals surface area contributed by atoms with Crippen LogP contribution in [-0.4, -0.2) is 131 Å². The van der Waals surface area contributed by atoms with Gasteiger partial charge in [0.2, 0.25) is 47.3 Å². The van der Waals surface area contributed by atoms with Crippen molar-refractivity contribution < 1.29 is 58.2 Å². The number of nitrogens with zero attached hydrogens (tertiary/aromatic N) is 2. The standard InChI is InChI=1S/C33H58N14O12/c1-15(2)12-20(29(57)47-21(13-24(50)51)30(58)43-17(26(35)54)8-9-23(34)49)45-31(59)22(14-25(52)53)46-28(56)19(7-5-11-41-33(38)39)44-27(55)18(42-16(3)48)6-4-10-40-32(36)37/h15,17-22H,4-14H2,1-3H3,(H2,34,49)(H2,35,54)(H,42,48)(H,43,58)(H,44,55)(H,45,59)(H,46,56)(H,47,57)(H,50,51)(H,52,53)(H4,36,37,40)(H4,38,39,41)/t17-,18-,19-,20+,21-,22-/m0/s1. The molecule has 59 heavy (non-hydrogen) atoms. The molecule has 0 aliphatic heterocycles. The molecule has 0 bridgehead atoms. The van der Waals surface area contributed by atoms with Crippen LogP contribution in [0.25, 0.3) is 0 Å². The number of nitrogens with one attached hydrogen (secondary N) is 6. The molecule has 0 aliphatic rings. The van der Waals surface area contributed by atoms with Gasteiger partial charge in [0.25, 0.3) is 0 Å². The predicted octanol–water partition coefficient (Wildman–Crippen LogP) is -6.23. The van der Waals surface area contributed by atoms with Gasteiger partial charge < -0.3 is 76.5 Å². The minimum absolute atomic E-state index is 0.00187. The van der Waals surface area contributed by atoms with E-state index < -0.39 is 108 Å². The lowest BCUT2D eigenvalue weighted by atomic mass is 10.0. The monoisotopic (exact) mass is 842 g/mol. The minimum Gasteiger partial charge on any atom is -0.481 e. The molecule has 0 heterocycles. The molecule has 332 valence electrons. The second-order valence-electron chi connectivity index (χ2n) is 13.7. The summed E-state index contributed by atoms with van der Waals surface area (Å²) in [6.45, 7) is 4.55. The maximum absolute atomic E-state index is 13.7.